The van der Waals surface area contributed by atoms with Crippen molar-refractivity contribution in [3.8, 4) is 56.4 Å². The number of nitrogens with zero attached hydrogens (tertiary/aromatic N) is 3. The molecule has 0 N–H and O–H groups in total. The summed E-state index contributed by atoms with van der Waals surface area (Å²) in [5, 5.41) is 8.91. The lowest BCUT2D eigenvalue weighted by Crippen LogP contribution is -2.15. The van der Waals surface area contributed by atoms with Crippen LogP contribution >= 0.6 is 0 Å². The van der Waals surface area contributed by atoms with Gasteiger partial charge in [0.15, 0.2) is 17.5 Å². The molecule has 0 aliphatic heterocycles. The topological polar surface area (TPSA) is 65.0 Å². The van der Waals surface area contributed by atoms with Gasteiger partial charge in [0.2, 0.25) is 0 Å². The highest BCUT2D eigenvalue weighted by Crippen LogP contribution is 2.55. The molecular formula is C59H39N3O2. The summed E-state index contributed by atoms with van der Waals surface area (Å²) in [4.78, 5) is 16.2. The van der Waals surface area contributed by atoms with Gasteiger partial charge in [-0.25, -0.2) is 15.0 Å². The number of hydrogen-bond acceptors (Lipinski definition) is 5. The van der Waals surface area contributed by atoms with Crippen molar-refractivity contribution in [1.29, 1.82) is 0 Å². The van der Waals surface area contributed by atoms with Gasteiger partial charge in [-0.3, -0.25) is 0 Å². The Balaban J connectivity index is 1.05. The molecule has 2 aliphatic rings. The quantitative estimate of drug-likeness (QED) is 0.166. The van der Waals surface area contributed by atoms with Crippen molar-refractivity contribution >= 4 is 65.4 Å². The summed E-state index contributed by atoms with van der Waals surface area (Å²) in [5.74, 6) is 1.79. The van der Waals surface area contributed by atoms with Crippen LogP contribution in [0.15, 0.2) is 173 Å². The number of furan rings is 2. The van der Waals surface area contributed by atoms with Gasteiger partial charge in [-0.1, -0.05) is 149 Å². The first-order valence-electron chi connectivity index (χ1n) is 22.1. The molecule has 0 radical (unpaired) electrons. The van der Waals surface area contributed by atoms with Gasteiger partial charge >= 0.3 is 0 Å². The highest BCUT2D eigenvalue weighted by atomic mass is 16.3. The summed E-state index contributed by atoms with van der Waals surface area (Å²) >= 11 is 0. The van der Waals surface area contributed by atoms with Gasteiger partial charge in [0.25, 0.3) is 0 Å². The van der Waals surface area contributed by atoms with E-state index in [4.69, 9.17) is 23.8 Å². The molecule has 3 aromatic heterocycles. The van der Waals surface area contributed by atoms with Crippen LogP contribution in [0.5, 0.6) is 0 Å². The van der Waals surface area contributed by atoms with E-state index in [0.717, 1.165) is 71.5 Å². The molecule has 0 saturated carbocycles. The van der Waals surface area contributed by atoms with Gasteiger partial charge in [0.05, 0.1) is 0 Å². The molecule has 5 heteroatoms. The molecular weight excluding hydrogens is 783 g/mol. The van der Waals surface area contributed by atoms with Crippen molar-refractivity contribution < 1.29 is 8.83 Å². The molecule has 2 aliphatic carbocycles. The first-order chi connectivity index (χ1) is 31.2. The van der Waals surface area contributed by atoms with Crippen molar-refractivity contribution in [2.45, 2.75) is 38.5 Å². The van der Waals surface area contributed by atoms with E-state index in [9.17, 15) is 0 Å². The van der Waals surface area contributed by atoms with Crippen LogP contribution in [-0.4, -0.2) is 15.0 Å². The molecule has 302 valence electrons. The minimum absolute atomic E-state index is 0.0817. The Kier molecular flexibility index (Phi) is 6.91. The van der Waals surface area contributed by atoms with Gasteiger partial charge in [0.1, 0.15) is 22.3 Å². The molecule has 0 fully saturated rings. The van der Waals surface area contributed by atoms with E-state index in [1.54, 1.807) is 0 Å². The highest BCUT2D eigenvalue weighted by Gasteiger charge is 2.39. The van der Waals surface area contributed by atoms with Gasteiger partial charge < -0.3 is 8.83 Å². The minimum Gasteiger partial charge on any atom is -0.456 e. The zero-order chi connectivity index (χ0) is 42.6. The Bertz CT molecular complexity index is 4030. The van der Waals surface area contributed by atoms with Crippen LogP contribution in [0.25, 0.3) is 122 Å². The Morgan fingerprint density at radius 1 is 0.359 bits per heavy atom. The van der Waals surface area contributed by atoms with E-state index in [0.29, 0.717) is 17.5 Å². The number of benzene rings is 9. The third kappa shape index (κ3) is 4.70. The number of aromatic nitrogens is 3. The monoisotopic (exact) mass is 821 g/mol. The van der Waals surface area contributed by atoms with Crippen LogP contribution in [0.4, 0.5) is 0 Å². The van der Waals surface area contributed by atoms with Crippen molar-refractivity contribution in [3.63, 3.8) is 0 Å². The second kappa shape index (κ2) is 12.4. The molecule has 64 heavy (non-hydrogen) atoms. The maximum absolute atomic E-state index is 6.89. The van der Waals surface area contributed by atoms with E-state index in [-0.39, 0.29) is 10.8 Å². The molecule has 0 bridgehead atoms. The molecule has 0 saturated heterocycles. The normalized spacial score (nSPS) is 14.5. The van der Waals surface area contributed by atoms with Gasteiger partial charge in [-0.2, -0.15) is 0 Å². The van der Waals surface area contributed by atoms with Gasteiger partial charge in [-0.15, -0.1) is 0 Å². The van der Waals surface area contributed by atoms with Crippen LogP contribution in [0.3, 0.4) is 0 Å². The van der Waals surface area contributed by atoms with E-state index in [1.807, 2.05) is 24.3 Å². The van der Waals surface area contributed by atoms with Crippen LogP contribution < -0.4 is 0 Å². The standard InChI is InChI=1S/C59H39N3O2/c1-58(2)44-17-9-5-14-38(44)51-37-25-23-32-21-22-33(29-41(32)35(37)26-27-46(51)58)55-60-56(34-24-28-50-42(30-34)36-13-7-11-19-48(36)63-50)62-57(61-55)43-31-47-53(39-15-6-10-18-45(39)59(47,3)4)54-52(43)40-16-8-12-20-49(40)64-54/h5-31H,1-4H3. The van der Waals surface area contributed by atoms with E-state index < -0.39 is 0 Å². The van der Waals surface area contributed by atoms with E-state index in [1.165, 1.54) is 55.1 Å². The van der Waals surface area contributed by atoms with Crippen molar-refractivity contribution in [3.05, 3.63) is 186 Å². The van der Waals surface area contributed by atoms with Crippen LogP contribution in [-0.2, 0) is 10.8 Å². The van der Waals surface area contributed by atoms with Crippen molar-refractivity contribution in [2.75, 3.05) is 0 Å². The molecule has 0 unspecified atom stereocenters. The smallest absolute Gasteiger partial charge is 0.164 e. The van der Waals surface area contributed by atoms with Crippen LogP contribution in [0.1, 0.15) is 49.9 Å². The lowest BCUT2D eigenvalue weighted by atomic mass is 9.81. The lowest BCUT2D eigenvalue weighted by Gasteiger charge is -2.22. The molecule has 0 amide bonds. The number of rotatable bonds is 3. The average Bonchev–Trinajstić information content (AvgIpc) is 4.03. The molecule has 9 aromatic carbocycles. The molecule has 5 nitrogen and oxygen atoms in total. The van der Waals surface area contributed by atoms with Crippen molar-refractivity contribution in [2.24, 2.45) is 0 Å². The predicted molar refractivity (Wildman–Crippen MR) is 261 cm³/mol. The fourth-order valence-electron chi connectivity index (χ4n) is 11.3. The Morgan fingerprint density at radius 2 is 0.922 bits per heavy atom. The fourth-order valence-corrected chi connectivity index (χ4v) is 11.3. The summed E-state index contributed by atoms with van der Waals surface area (Å²) in [5.41, 5.74) is 15.9. The molecule has 0 spiro atoms. The Morgan fingerprint density at radius 3 is 1.69 bits per heavy atom. The summed E-state index contributed by atoms with van der Waals surface area (Å²) in [6.07, 6.45) is 0. The summed E-state index contributed by atoms with van der Waals surface area (Å²) in [6.45, 7) is 9.29. The molecule has 14 rings (SSSR count). The maximum atomic E-state index is 6.89. The largest absolute Gasteiger partial charge is 0.456 e. The zero-order valence-electron chi connectivity index (χ0n) is 35.7. The van der Waals surface area contributed by atoms with E-state index in [2.05, 4.69) is 167 Å². The molecule has 0 atom stereocenters. The Hall–Kier alpha value is -7.89. The fraction of sp³-hybridized carbons (Fsp3) is 0.102. The minimum atomic E-state index is -0.283. The third-order valence-corrected chi connectivity index (χ3v) is 14.5. The number of para-hydroxylation sites is 2. The number of fused-ring (bicyclic) bond motifs is 17. The first-order valence-corrected chi connectivity index (χ1v) is 22.1. The summed E-state index contributed by atoms with van der Waals surface area (Å²) < 4.78 is 13.2. The lowest BCUT2D eigenvalue weighted by molar-refractivity contribution is 0.653. The summed E-state index contributed by atoms with van der Waals surface area (Å²) in [6, 6.07) is 58.5. The van der Waals surface area contributed by atoms with Crippen molar-refractivity contribution in [1.82, 2.24) is 15.0 Å². The highest BCUT2D eigenvalue weighted by molar-refractivity contribution is 6.18. The third-order valence-electron chi connectivity index (χ3n) is 14.5. The maximum Gasteiger partial charge on any atom is 0.164 e. The van der Waals surface area contributed by atoms with Crippen LogP contribution in [0.2, 0.25) is 0 Å². The zero-order valence-corrected chi connectivity index (χ0v) is 35.7. The first kappa shape index (κ1) is 35.7. The van der Waals surface area contributed by atoms with Gasteiger partial charge in [0, 0.05) is 54.6 Å². The SMILES string of the molecule is CC1(C)c2ccccc2-c2c1ccc1c2ccc2ccc(-c3nc(-c4ccc5oc6ccccc6c5c4)nc(-c4cc5c(c6oc7ccccc7c46)-c4ccccc4C5(C)C)n3)cc21. The van der Waals surface area contributed by atoms with Crippen LogP contribution in [0, 0.1) is 0 Å². The number of hydrogen-bond donors (Lipinski definition) is 0. The molecule has 12 aromatic rings. The second-order valence-electron chi connectivity index (χ2n) is 18.7. The summed E-state index contributed by atoms with van der Waals surface area (Å²) in [7, 11) is 0. The molecule has 3 heterocycles. The Labute approximate surface area is 368 Å². The predicted octanol–water partition coefficient (Wildman–Crippen LogP) is 15.6. The second-order valence-corrected chi connectivity index (χ2v) is 18.7. The van der Waals surface area contributed by atoms with E-state index >= 15 is 0 Å². The van der Waals surface area contributed by atoms with Gasteiger partial charge in [-0.05, 0) is 103 Å². The average molecular weight is 822 g/mol.